The lowest BCUT2D eigenvalue weighted by molar-refractivity contribution is 0.0342. The number of methoxy groups -OCH3 is 1. The Bertz CT molecular complexity index is 393. The van der Waals surface area contributed by atoms with E-state index in [9.17, 15) is 0 Å². The van der Waals surface area contributed by atoms with E-state index in [-0.39, 0.29) is 5.60 Å². The minimum Gasteiger partial charge on any atom is -0.377 e. The van der Waals surface area contributed by atoms with Gasteiger partial charge in [0.25, 0.3) is 0 Å². The molecule has 0 amide bonds. The largest absolute Gasteiger partial charge is 0.377 e. The third kappa shape index (κ3) is 3.99. The fourth-order valence-corrected chi connectivity index (χ4v) is 1.12. The van der Waals surface area contributed by atoms with E-state index in [2.05, 4.69) is 25.6 Å². The fourth-order valence-electron chi connectivity index (χ4n) is 1.12. The second-order valence-corrected chi connectivity index (χ2v) is 4.74. The van der Waals surface area contributed by atoms with Gasteiger partial charge in [0.2, 0.25) is 17.8 Å². The summed E-state index contributed by atoms with van der Waals surface area (Å²) in [6.45, 7) is 4.60. The van der Waals surface area contributed by atoms with Crippen molar-refractivity contribution in [3.63, 3.8) is 0 Å². The van der Waals surface area contributed by atoms with Crippen molar-refractivity contribution in [3.8, 4) is 0 Å². The minimum absolute atomic E-state index is 0.273. The number of nitrogens with zero attached hydrogens (tertiary/aromatic N) is 4. The maximum absolute atomic E-state index is 5.33. The number of hydrogen-bond donors (Lipinski definition) is 2. The Morgan fingerprint density at radius 1 is 1.17 bits per heavy atom. The lowest BCUT2D eigenvalue weighted by atomic mass is 10.1. The Kier molecular flexibility index (Phi) is 4.66. The summed E-state index contributed by atoms with van der Waals surface area (Å²) in [5, 5.41) is 6.07. The summed E-state index contributed by atoms with van der Waals surface area (Å²) >= 11 is 0. The van der Waals surface area contributed by atoms with Gasteiger partial charge in [-0.2, -0.15) is 15.0 Å². The van der Waals surface area contributed by atoms with Crippen molar-refractivity contribution in [2.75, 3.05) is 50.3 Å². The van der Waals surface area contributed by atoms with E-state index in [0.717, 1.165) is 0 Å². The molecule has 0 saturated carbocycles. The SMILES string of the molecule is CNc1nc(NCC(C)(C)OC)nc(N(C)C)n1. The monoisotopic (exact) mass is 254 g/mol. The highest BCUT2D eigenvalue weighted by Gasteiger charge is 2.17. The predicted octanol–water partition coefficient (Wildman–Crippen LogP) is 0.816. The van der Waals surface area contributed by atoms with Crippen LogP contribution in [0.5, 0.6) is 0 Å². The maximum atomic E-state index is 5.33. The number of hydrogen-bond acceptors (Lipinski definition) is 7. The van der Waals surface area contributed by atoms with Gasteiger partial charge in [0.15, 0.2) is 0 Å². The Labute approximate surface area is 108 Å². The molecule has 0 unspecified atom stereocenters. The molecule has 0 saturated heterocycles. The molecule has 0 aliphatic carbocycles. The normalized spacial score (nSPS) is 11.2. The van der Waals surface area contributed by atoms with Gasteiger partial charge in [-0.15, -0.1) is 0 Å². The van der Waals surface area contributed by atoms with Gasteiger partial charge >= 0.3 is 0 Å². The highest BCUT2D eigenvalue weighted by Crippen LogP contribution is 2.13. The summed E-state index contributed by atoms with van der Waals surface area (Å²) in [5.74, 6) is 1.67. The standard InChI is InChI=1S/C11H22N6O/c1-11(2,18-6)7-13-9-14-8(12-3)15-10(16-9)17(4)5/h7H2,1-6H3,(H2,12,13,14,15,16). The molecular formula is C11H22N6O. The first-order valence-corrected chi connectivity index (χ1v) is 5.78. The molecule has 0 atom stereocenters. The van der Waals surface area contributed by atoms with Crippen molar-refractivity contribution in [1.29, 1.82) is 0 Å². The Hall–Kier alpha value is -1.63. The van der Waals surface area contributed by atoms with Gasteiger partial charge < -0.3 is 20.3 Å². The zero-order chi connectivity index (χ0) is 13.8. The summed E-state index contributed by atoms with van der Waals surface area (Å²) < 4.78 is 5.33. The van der Waals surface area contributed by atoms with Crippen LogP contribution in [0, 0.1) is 0 Å². The zero-order valence-corrected chi connectivity index (χ0v) is 11.9. The van der Waals surface area contributed by atoms with Gasteiger partial charge in [0.05, 0.1) is 5.60 Å². The highest BCUT2D eigenvalue weighted by molar-refractivity contribution is 5.42. The third-order valence-corrected chi connectivity index (χ3v) is 2.47. The van der Waals surface area contributed by atoms with Crippen molar-refractivity contribution in [1.82, 2.24) is 15.0 Å². The molecule has 0 aromatic carbocycles. The maximum Gasteiger partial charge on any atom is 0.231 e. The lowest BCUT2D eigenvalue weighted by Crippen LogP contribution is -2.32. The highest BCUT2D eigenvalue weighted by atomic mass is 16.5. The molecule has 1 aromatic rings. The molecule has 0 spiro atoms. The van der Waals surface area contributed by atoms with Crippen LogP contribution in [0.2, 0.25) is 0 Å². The number of anilines is 3. The molecule has 7 nitrogen and oxygen atoms in total. The van der Waals surface area contributed by atoms with Crippen LogP contribution in [-0.4, -0.2) is 55.4 Å². The summed E-state index contributed by atoms with van der Waals surface area (Å²) in [7, 11) is 7.23. The Morgan fingerprint density at radius 2 is 1.78 bits per heavy atom. The fraction of sp³-hybridized carbons (Fsp3) is 0.727. The summed E-state index contributed by atoms with van der Waals surface area (Å²) in [6.07, 6.45) is 0. The molecule has 2 N–H and O–H groups in total. The van der Waals surface area contributed by atoms with Gasteiger partial charge in [0.1, 0.15) is 0 Å². The van der Waals surface area contributed by atoms with Gasteiger partial charge in [0, 0.05) is 34.8 Å². The van der Waals surface area contributed by atoms with E-state index in [1.54, 1.807) is 14.2 Å². The van der Waals surface area contributed by atoms with Crippen LogP contribution in [-0.2, 0) is 4.74 Å². The molecule has 1 rings (SSSR count). The second-order valence-electron chi connectivity index (χ2n) is 4.74. The van der Waals surface area contributed by atoms with Crippen LogP contribution in [0.3, 0.4) is 0 Å². The van der Waals surface area contributed by atoms with E-state index < -0.39 is 0 Å². The molecule has 0 radical (unpaired) electrons. The van der Waals surface area contributed by atoms with Crippen LogP contribution in [0.4, 0.5) is 17.8 Å². The summed E-state index contributed by atoms with van der Waals surface area (Å²) in [6, 6.07) is 0. The molecule has 1 aromatic heterocycles. The van der Waals surface area contributed by atoms with Crippen LogP contribution < -0.4 is 15.5 Å². The number of nitrogens with one attached hydrogen (secondary N) is 2. The van der Waals surface area contributed by atoms with Gasteiger partial charge in [-0.3, -0.25) is 0 Å². The Balaban J connectivity index is 2.85. The average molecular weight is 254 g/mol. The van der Waals surface area contributed by atoms with Crippen LogP contribution in [0.1, 0.15) is 13.8 Å². The van der Waals surface area contributed by atoms with Crippen molar-refractivity contribution >= 4 is 17.8 Å². The number of rotatable bonds is 6. The number of aromatic nitrogens is 3. The van der Waals surface area contributed by atoms with E-state index >= 15 is 0 Å². The number of ether oxygens (including phenoxy) is 1. The molecule has 0 bridgehead atoms. The van der Waals surface area contributed by atoms with Crippen molar-refractivity contribution < 1.29 is 4.74 Å². The second kappa shape index (κ2) is 5.81. The van der Waals surface area contributed by atoms with Gasteiger partial charge in [-0.25, -0.2) is 0 Å². The Morgan fingerprint density at radius 3 is 2.28 bits per heavy atom. The van der Waals surface area contributed by atoms with Crippen LogP contribution >= 0.6 is 0 Å². The molecule has 0 fully saturated rings. The van der Waals surface area contributed by atoms with Gasteiger partial charge in [-0.1, -0.05) is 0 Å². The first-order chi connectivity index (χ1) is 8.38. The van der Waals surface area contributed by atoms with E-state index in [1.807, 2.05) is 32.8 Å². The first kappa shape index (κ1) is 14.4. The molecule has 7 heteroatoms. The lowest BCUT2D eigenvalue weighted by Gasteiger charge is -2.23. The summed E-state index contributed by atoms with van der Waals surface area (Å²) in [5.41, 5.74) is -0.273. The predicted molar refractivity (Wildman–Crippen MR) is 73.3 cm³/mol. The average Bonchev–Trinajstić information content (AvgIpc) is 2.36. The van der Waals surface area contributed by atoms with E-state index in [4.69, 9.17) is 4.74 Å². The molecule has 0 aliphatic rings. The zero-order valence-electron chi connectivity index (χ0n) is 11.9. The topological polar surface area (TPSA) is 75.2 Å². The summed E-state index contributed by atoms with van der Waals surface area (Å²) in [4.78, 5) is 14.6. The molecule has 1 heterocycles. The molecule has 0 aliphatic heterocycles. The van der Waals surface area contributed by atoms with Crippen LogP contribution in [0.25, 0.3) is 0 Å². The van der Waals surface area contributed by atoms with Crippen molar-refractivity contribution in [2.45, 2.75) is 19.4 Å². The van der Waals surface area contributed by atoms with Crippen molar-refractivity contribution in [2.24, 2.45) is 0 Å². The van der Waals surface area contributed by atoms with Crippen molar-refractivity contribution in [3.05, 3.63) is 0 Å². The van der Waals surface area contributed by atoms with Crippen LogP contribution in [0.15, 0.2) is 0 Å². The van der Waals surface area contributed by atoms with Gasteiger partial charge in [-0.05, 0) is 13.8 Å². The molecule has 18 heavy (non-hydrogen) atoms. The third-order valence-electron chi connectivity index (χ3n) is 2.47. The quantitative estimate of drug-likeness (QED) is 0.778. The van der Waals surface area contributed by atoms with E-state index in [1.165, 1.54) is 0 Å². The molecular weight excluding hydrogens is 232 g/mol. The molecule has 102 valence electrons. The minimum atomic E-state index is -0.273. The van der Waals surface area contributed by atoms with E-state index in [0.29, 0.717) is 24.4 Å². The first-order valence-electron chi connectivity index (χ1n) is 5.78. The smallest absolute Gasteiger partial charge is 0.231 e.